The van der Waals surface area contributed by atoms with Crippen molar-refractivity contribution < 1.29 is 0 Å². The van der Waals surface area contributed by atoms with E-state index in [1.165, 1.54) is 12.4 Å². The van der Waals surface area contributed by atoms with Crippen LogP contribution in [0.1, 0.15) is 0 Å². The van der Waals surface area contributed by atoms with Crippen molar-refractivity contribution in [3.8, 4) is 0 Å². The molecule has 12 heavy (non-hydrogen) atoms. The molecule has 0 saturated heterocycles. The zero-order valence-electron chi connectivity index (χ0n) is 6.25. The molecule has 0 atom stereocenters. The molecule has 0 amide bonds. The second-order valence-electron chi connectivity index (χ2n) is 1.58. The first-order valence-electron chi connectivity index (χ1n) is 2.85. The maximum Gasteiger partial charge on any atom is 0.211 e. The van der Waals surface area contributed by atoms with Gasteiger partial charge in [-0.2, -0.15) is 10.2 Å². The maximum absolute atomic E-state index is 4.96. The van der Waals surface area contributed by atoms with E-state index in [1.807, 2.05) is 0 Å². The first kappa shape index (κ1) is 9.88. The van der Waals surface area contributed by atoms with Crippen LogP contribution < -0.4 is 22.9 Å². The molecule has 0 radical (unpaired) electrons. The molecule has 0 aliphatic carbocycles. The zero-order chi connectivity index (χ0) is 9.40. The zero-order valence-corrected chi connectivity index (χ0v) is 6.25. The summed E-state index contributed by atoms with van der Waals surface area (Å²) in [4.78, 5) is 0. The molecule has 66 valence electrons. The van der Waals surface area contributed by atoms with Crippen LogP contribution in [0.5, 0.6) is 0 Å². The Hall–Kier alpha value is -2.12. The lowest BCUT2D eigenvalue weighted by Crippen LogP contribution is -2.22. The number of nitrogens with two attached hydrogens (primary N) is 4. The monoisotopic (exact) mass is 170 g/mol. The van der Waals surface area contributed by atoms with Crippen LogP contribution in [0.15, 0.2) is 20.4 Å². The number of rotatable bonds is 3. The van der Waals surface area contributed by atoms with Crippen LogP contribution >= 0.6 is 0 Å². The predicted molar refractivity (Wildman–Crippen MR) is 48.6 cm³/mol. The third-order valence-electron chi connectivity index (χ3n) is 0.546. The van der Waals surface area contributed by atoms with E-state index in [9.17, 15) is 0 Å². The molecule has 0 saturated carbocycles. The van der Waals surface area contributed by atoms with Crippen molar-refractivity contribution in [3.05, 3.63) is 0 Å². The Bertz CT molecular complexity index is 201. The minimum Gasteiger partial charge on any atom is -0.369 e. The topological polar surface area (TPSA) is 154 Å². The maximum atomic E-state index is 4.96. The van der Waals surface area contributed by atoms with Gasteiger partial charge in [-0.25, -0.2) is 0 Å². The molecule has 8 heteroatoms. The molecule has 0 aromatic carbocycles. The smallest absolute Gasteiger partial charge is 0.211 e. The Labute approximate surface area is 68.7 Å². The minimum atomic E-state index is -0.138. The van der Waals surface area contributed by atoms with Crippen molar-refractivity contribution in [2.75, 3.05) is 0 Å². The highest BCUT2D eigenvalue weighted by molar-refractivity contribution is 6.16. The van der Waals surface area contributed by atoms with E-state index >= 15 is 0 Å². The van der Waals surface area contributed by atoms with Gasteiger partial charge in [0, 0.05) is 0 Å². The first-order chi connectivity index (χ1) is 5.63. The van der Waals surface area contributed by atoms with Crippen LogP contribution in [-0.4, -0.2) is 24.3 Å². The van der Waals surface area contributed by atoms with Gasteiger partial charge in [-0.15, -0.1) is 10.2 Å². The van der Waals surface area contributed by atoms with Crippen LogP contribution in [0, 0.1) is 0 Å². The first-order valence-corrected chi connectivity index (χ1v) is 2.85. The van der Waals surface area contributed by atoms with E-state index in [0.717, 1.165) is 0 Å². The van der Waals surface area contributed by atoms with Crippen LogP contribution in [0.3, 0.4) is 0 Å². The minimum absolute atomic E-state index is 0.138. The Balaban J connectivity index is 3.83. The summed E-state index contributed by atoms with van der Waals surface area (Å²) in [6.45, 7) is 0. The van der Waals surface area contributed by atoms with E-state index in [1.54, 1.807) is 0 Å². The number of nitrogens with zero attached hydrogens (tertiary/aromatic N) is 4. The molecule has 0 bridgehead atoms. The van der Waals surface area contributed by atoms with E-state index in [-0.39, 0.29) is 11.9 Å². The highest BCUT2D eigenvalue weighted by Gasteiger charge is 1.72. The largest absolute Gasteiger partial charge is 0.369 e. The lowest BCUT2D eigenvalue weighted by atomic mass is 10.8. The highest BCUT2D eigenvalue weighted by atomic mass is 15.3. The summed E-state index contributed by atoms with van der Waals surface area (Å²) in [5.41, 5.74) is 19.8. The number of hydrogen-bond acceptors (Lipinski definition) is 4. The molecule has 0 aromatic heterocycles. The van der Waals surface area contributed by atoms with Gasteiger partial charge < -0.3 is 22.9 Å². The fourth-order valence-electron chi connectivity index (χ4n) is 0.260. The molecule has 8 nitrogen and oxygen atoms in total. The molecular weight excluding hydrogens is 160 g/mol. The molecule has 0 aliphatic heterocycles. The van der Waals surface area contributed by atoms with Gasteiger partial charge in [0.2, 0.25) is 11.9 Å². The van der Waals surface area contributed by atoms with Crippen LogP contribution in [-0.2, 0) is 0 Å². The third kappa shape index (κ3) is 7.88. The van der Waals surface area contributed by atoms with Gasteiger partial charge in [0.15, 0.2) is 0 Å². The van der Waals surface area contributed by atoms with Crippen molar-refractivity contribution in [1.82, 2.24) is 0 Å². The van der Waals surface area contributed by atoms with Crippen molar-refractivity contribution in [2.24, 2.45) is 43.3 Å². The second-order valence-corrected chi connectivity index (χ2v) is 1.58. The summed E-state index contributed by atoms with van der Waals surface area (Å²) < 4.78 is 0. The molecule has 0 heterocycles. The summed E-state index contributed by atoms with van der Waals surface area (Å²) in [5.74, 6) is -0.275. The number of guanidine groups is 2. The van der Waals surface area contributed by atoms with Crippen LogP contribution in [0.2, 0.25) is 0 Å². The predicted octanol–water partition coefficient (Wildman–Crippen LogP) is -2.50. The summed E-state index contributed by atoms with van der Waals surface area (Å²) in [5, 5.41) is 13.3. The van der Waals surface area contributed by atoms with E-state index < -0.39 is 0 Å². The molecular formula is C4H10N8. The molecule has 0 aromatic rings. The fourth-order valence-corrected chi connectivity index (χ4v) is 0.260. The third-order valence-corrected chi connectivity index (χ3v) is 0.546. The molecule has 0 fully saturated rings. The normalized spacial score (nSPS) is 10.3. The second kappa shape index (κ2) is 5.65. The van der Waals surface area contributed by atoms with Gasteiger partial charge in [0.25, 0.3) is 0 Å². The quantitative estimate of drug-likeness (QED) is 0.210. The average molecular weight is 170 g/mol. The molecule has 0 aliphatic rings. The van der Waals surface area contributed by atoms with Gasteiger partial charge in [0.05, 0.1) is 12.4 Å². The van der Waals surface area contributed by atoms with Gasteiger partial charge in [-0.3, -0.25) is 0 Å². The summed E-state index contributed by atoms with van der Waals surface area (Å²) in [7, 11) is 0. The highest BCUT2D eigenvalue weighted by Crippen LogP contribution is 1.67. The standard InChI is InChI=1S/C4H10N8/c5-3(6)11-9-1-2-10-12-4(7)8/h1-2H,(H4,5,6,11)(H4,7,8,12)/b9-1+,10-2+. The lowest BCUT2D eigenvalue weighted by Gasteiger charge is -1.81. The molecule has 0 unspecified atom stereocenters. The van der Waals surface area contributed by atoms with Crippen LogP contribution in [0.25, 0.3) is 0 Å². The van der Waals surface area contributed by atoms with E-state index in [4.69, 9.17) is 22.9 Å². The van der Waals surface area contributed by atoms with Gasteiger partial charge >= 0.3 is 0 Å². The van der Waals surface area contributed by atoms with Gasteiger partial charge in [-0.1, -0.05) is 0 Å². The van der Waals surface area contributed by atoms with Crippen molar-refractivity contribution in [3.63, 3.8) is 0 Å². The summed E-state index contributed by atoms with van der Waals surface area (Å²) >= 11 is 0. The Morgan fingerprint density at radius 2 is 1.08 bits per heavy atom. The number of hydrogen-bond donors (Lipinski definition) is 4. The average Bonchev–Trinajstić information content (AvgIpc) is 1.95. The SMILES string of the molecule is NC(N)=N/N=C/C=N/N=C(N)N. The lowest BCUT2D eigenvalue weighted by molar-refractivity contribution is 1.21. The van der Waals surface area contributed by atoms with Gasteiger partial charge in [0.1, 0.15) is 0 Å². The fraction of sp³-hybridized carbons (Fsp3) is 0. The van der Waals surface area contributed by atoms with Gasteiger partial charge in [-0.05, 0) is 0 Å². The Morgan fingerprint density at radius 1 is 0.750 bits per heavy atom. The van der Waals surface area contributed by atoms with Crippen molar-refractivity contribution in [2.45, 2.75) is 0 Å². The molecule has 0 spiro atoms. The summed E-state index contributed by atoms with van der Waals surface area (Å²) in [6, 6.07) is 0. The van der Waals surface area contributed by atoms with Crippen molar-refractivity contribution in [1.29, 1.82) is 0 Å². The summed E-state index contributed by atoms with van der Waals surface area (Å²) in [6.07, 6.45) is 2.46. The molecule has 0 rings (SSSR count). The Kier molecular flexibility index (Phi) is 4.65. The van der Waals surface area contributed by atoms with Crippen LogP contribution in [0.4, 0.5) is 0 Å². The van der Waals surface area contributed by atoms with Crippen molar-refractivity contribution >= 4 is 24.3 Å². The van der Waals surface area contributed by atoms with E-state index in [2.05, 4.69) is 20.4 Å². The molecule has 8 N–H and O–H groups in total. The van der Waals surface area contributed by atoms with E-state index in [0.29, 0.717) is 0 Å². The Morgan fingerprint density at radius 3 is 1.33 bits per heavy atom.